The van der Waals surface area contributed by atoms with Crippen LogP contribution in [0.5, 0.6) is 0 Å². The van der Waals surface area contributed by atoms with Gasteiger partial charge in [-0.3, -0.25) is 0 Å². The Hall–Kier alpha value is -0.380. The van der Waals surface area contributed by atoms with Crippen molar-refractivity contribution in [3.05, 3.63) is 21.9 Å². The van der Waals surface area contributed by atoms with Crippen LogP contribution < -0.4 is 5.32 Å². The highest BCUT2D eigenvalue weighted by molar-refractivity contribution is 7.12. The van der Waals surface area contributed by atoms with Crippen LogP contribution in [0.3, 0.4) is 0 Å². The first-order valence-electron chi connectivity index (χ1n) is 5.59. The Labute approximate surface area is 96.7 Å². The molecule has 1 heterocycles. The zero-order valence-electron chi connectivity index (χ0n) is 9.88. The maximum atomic E-state index is 5.35. The van der Waals surface area contributed by atoms with Gasteiger partial charge in [-0.1, -0.05) is 0 Å². The van der Waals surface area contributed by atoms with Crippen LogP contribution in [0.15, 0.2) is 12.1 Å². The molecule has 3 heteroatoms. The number of aryl methyl sites for hydroxylation is 1. The highest BCUT2D eigenvalue weighted by atomic mass is 32.1. The predicted molar refractivity (Wildman–Crippen MR) is 66.6 cm³/mol. The molecule has 0 saturated carbocycles. The van der Waals surface area contributed by atoms with Crippen LogP contribution in [-0.2, 0) is 4.74 Å². The first-order valence-corrected chi connectivity index (χ1v) is 6.41. The van der Waals surface area contributed by atoms with E-state index >= 15 is 0 Å². The number of ether oxygens (including phenoxy) is 1. The molecular weight excluding hydrogens is 206 g/mol. The molecule has 1 aromatic heterocycles. The number of rotatable bonds is 7. The van der Waals surface area contributed by atoms with Crippen molar-refractivity contribution >= 4 is 11.3 Å². The van der Waals surface area contributed by atoms with Crippen LogP contribution in [0, 0.1) is 6.92 Å². The van der Waals surface area contributed by atoms with Crippen molar-refractivity contribution < 1.29 is 4.74 Å². The minimum atomic E-state index is 0.490. The molecule has 2 nitrogen and oxygen atoms in total. The summed E-state index contributed by atoms with van der Waals surface area (Å²) in [6, 6.07) is 4.90. The summed E-state index contributed by atoms with van der Waals surface area (Å²) in [6.07, 6.45) is 2.27. The van der Waals surface area contributed by atoms with Gasteiger partial charge in [0.2, 0.25) is 0 Å². The van der Waals surface area contributed by atoms with Crippen LogP contribution >= 0.6 is 11.3 Å². The smallest absolute Gasteiger partial charge is 0.0466 e. The topological polar surface area (TPSA) is 21.3 Å². The van der Waals surface area contributed by atoms with E-state index in [1.807, 2.05) is 25.3 Å². The SMILES string of the molecule is CCOCCCC(NC)c1ccc(C)s1. The van der Waals surface area contributed by atoms with E-state index < -0.39 is 0 Å². The Morgan fingerprint density at radius 2 is 2.27 bits per heavy atom. The maximum absolute atomic E-state index is 5.35. The molecule has 15 heavy (non-hydrogen) atoms. The summed E-state index contributed by atoms with van der Waals surface area (Å²) in [5.41, 5.74) is 0. The number of hydrogen-bond acceptors (Lipinski definition) is 3. The number of hydrogen-bond donors (Lipinski definition) is 1. The lowest BCUT2D eigenvalue weighted by Gasteiger charge is -2.14. The van der Waals surface area contributed by atoms with Gasteiger partial charge >= 0.3 is 0 Å². The van der Waals surface area contributed by atoms with E-state index in [1.165, 1.54) is 9.75 Å². The van der Waals surface area contributed by atoms with Gasteiger partial charge in [0.1, 0.15) is 0 Å². The third-order valence-corrected chi connectivity index (χ3v) is 3.55. The standard InChI is InChI=1S/C12H21NOS/c1-4-14-9-5-6-11(13-3)12-8-7-10(2)15-12/h7-8,11,13H,4-6,9H2,1-3H3. The molecule has 0 saturated heterocycles. The highest BCUT2D eigenvalue weighted by Crippen LogP contribution is 2.25. The fraction of sp³-hybridized carbons (Fsp3) is 0.667. The summed E-state index contributed by atoms with van der Waals surface area (Å²) >= 11 is 1.88. The van der Waals surface area contributed by atoms with Crippen molar-refractivity contribution in [3.8, 4) is 0 Å². The molecule has 0 spiro atoms. The highest BCUT2D eigenvalue weighted by Gasteiger charge is 2.10. The summed E-state index contributed by atoms with van der Waals surface area (Å²) in [5, 5.41) is 3.36. The molecule has 0 aromatic carbocycles. The lowest BCUT2D eigenvalue weighted by atomic mass is 10.1. The third-order valence-electron chi connectivity index (χ3n) is 2.44. The van der Waals surface area contributed by atoms with E-state index in [0.29, 0.717) is 6.04 Å². The second kappa shape index (κ2) is 6.99. The molecule has 0 aliphatic rings. The Morgan fingerprint density at radius 1 is 1.47 bits per heavy atom. The monoisotopic (exact) mass is 227 g/mol. The molecule has 1 aromatic rings. The largest absolute Gasteiger partial charge is 0.382 e. The number of thiophene rings is 1. The molecule has 86 valence electrons. The van der Waals surface area contributed by atoms with E-state index in [-0.39, 0.29) is 0 Å². The lowest BCUT2D eigenvalue weighted by molar-refractivity contribution is 0.141. The van der Waals surface area contributed by atoms with Crippen molar-refractivity contribution in [1.82, 2.24) is 5.32 Å². The molecular formula is C12H21NOS. The van der Waals surface area contributed by atoms with E-state index in [1.54, 1.807) is 0 Å². The predicted octanol–water partition coefficient (Wildman–Crippen LogP) is 3.13. The Kier molecular flexibility index (Phi) is 5.91. The molecule has 0 aliphatic carbocycles. The normalized spacial score (nSPS) is 13.0. The molecule has 1 unspecified atom stereocenters. The molecule has 1 N–H and O–H groups in total. The second-order valence-electron chi connectivity index (χ2n) is 3.63. The van der Waals surface area contributed by atoms with Crippen LogP contribution in [0.25, 0.3) is 0 Å². The van der Waals surface area contributed by atoms with Crippen LogP contribution in [-0.4, -0.2) is 20.3 Å². The van der Waals surface area contributed by atoms with E-state index in [0.717, 1.165) is 26.1 Å². The molecule has 1 rings (SSSR count). The molecule has 0 fully saturated rings. The van der Waals surface area contributed by atoms with Crippen molar-refractivity contribution in [2.75, 3.05) is 20.3 Å². The summed E-state index contributed by atoms with van der Waals surface area (Å²) in [6.45, 7) is 5.89. The van der Waals surface area contributed by atoms with Crippen molar-refractivity contribution in [1.29, 1.82) is 0 Å². The molecule has 0 bridgehead atoms. The fourth-order valence-corrected chi connectivity index (χ4v) is 2.63. The van der Waals surface area contributed by atoms with Crippen LogP contribution in [0.1, 0.15) is 35.6 Å². The van der Waals surface area contributed by atoms with Gasteiger partial charge in [-0.2, -0.15) is 0 Å². The zero-order chi connectivity index (χ0) is 11.1. The Balaban J connectivity index is 2.35. The van der Waals surface area contributed by atoms with Gasteiger partial charge in [0.15, 0.2) is 0 Å². The summed E-state index contributed by atoms with van der Waals surface area (Å²) in [4.78, 5) is 2.82. The van der Waals surface area contributed by atoms with E-state index in [9.17, 15) is 0 Å². The maximum Gasteiger partial charge on any atom is 0.0466 e. The number of nitrogens with one attached hydrogen (secondary N) is 1. The summed E-state index contributed by atoms with van der Waals surface area (Å²) in [5.74, 6) is 0. The minimum Gasteiger partial charge on any atom is -0.382 e. The van der Waals surface area contributed by atoms with Gasteiger partial charge in [-0.05, 0) is 45.9 Å². The van der Waals surface area contributed by atoms with Crippen LogP contribution in [0.2, 0.25) is 0 Å². The summed E-state index contributed by atoms with van der Waals surface area (Å²) < 4.78 is 5.35. The molecule has 1 atom stereocenters. The van der Waals surface area contributed by atoms with Gasteiger partial charge in [0, 0.05) is 29.0 Å². The van der Waals surface area contributed by atoms with Gasteiger partial charge in [-0.15, -0.1) is 11.3 Å². The molecule has 0 radical (unpaired) electrons. The quantitative estimate of drug-likeness (QED) is 0.723. The Bertz CT molecular complexity index is 272. The summed E-state index contributed by atoms with van der Waals surface area (Å²) in [7, 11) is 2.03. The lowest BCUT2D eigenvalue weighted by Crippen LogP contribution is -2.15. The van der Waals surface area contributed by atoms with Gasteiger partial charge in [0.05, 0.1) is 0 Å². The zero-order valence-corrected chi connectivity index (χ0v) is 10.7. The van der Waals surface area contributed by atoms with Gasteiger partial charge in [0.25, 0.3) is 0 Å². The van der Waals surface area contributed by atoms with E-state index in [2.05, 4.69) is 24.4 Å². The average Bonchev–Trinajstić information content (AvgIpc) is 2.65. The van der Waals surface area contributed by atoms with Crippen molar-refractivity contribution in [2.45, 2.75) is 32.7 Å². The fourth-order valence-electron chi connectivity index (χ4n) is 1.60. The molecule has 0 aliphatic heterocycles. The van der Waals surface area contributed by atoms with Gasteiger partial charge < -0.3 is 10.1 Å². The average molecular weight is 227 g/mol. The minimum absolute atomic E-state index is 0.490. The second-order valence-corrected chi connectivity index (χ2v) is 4.95. The van der Waals surface area contributed by atoms with Gasteiger partial charge in [-0.25, -0.2) is 0 Å². The first kappa shape index (κ1) is 12.7. The first-order chi connectivity index (χ1) is 7.27. The van der Waals surface area contributed by atoms with Crippen molar-refractivity contribution in [3.63, 3.8) is 0 Å². The Morgan fingerprint density at radius 3 is 2.80 bits per heavy atom. The van der Waals surface area contributed by atoms with Crippen LogP contribution in [0.4, 0.5) is 0 Å². The van der Waals surface area contributed by atoms with E-state index in [4.69, 9.17) is 4.74 Å². The third kappa shape index (κ3) is 4.33. The van der Waals surface area contributed by atoms with Crippen molar-refractivity contribution in [2.24, 2.45) is 0 Å². The molecule has 0 amide bonds.